The van der Waals surface area contributed by atoms with Crippen LogP contribution in [0.25, 0.3) is 0 Å². The number of rotatable bonds is 1. The molecule has 1 aromatic heterocycles. The Balaban J connectivity index is 2.20. The number of pyridine rings is 1. The molecule has 1 N–H and O–H groups in total. The third-order valence-electron chi connectivity index (χ3n) is 3.75. The zero-order chi connectivity index (χ0) is 15.1. The molecule has 3 rings (SSSR count). The van der Waals surface area contributed by atoms with Crippen LogP contribution in [-0.2, 0) is 4.79 Å². The van der Waals surface area contributed by atoms with Crippen LogP contribution in [0.3, 0.4) is 0 Å². The van der Waals surface area contributed by atoms with Gasteiger partial charge in [0.2, 0.25) is 5.91 Å². The SMILES string of the molecule is Cc1cc(C)c(N2CC(=O)Nc3ccc(C)nc32)c(C)c1. The van der Waals surface area contributed by atoms with Gasteiger partial charge in [0.1, 0.15) is 6.54 Å². The number of anilines is 3. The maximum absolute atomic E-state index is 12.0. The molecule has 0 saturated heterocycles. The summed E-state index contributed by atoms with van der Waals surface area (Å²) in [4.78, 5) is 18.6. The van der Waals surface area contributed by atoms with E-state index < -0.39 is 0 Å². The molecule has 0 saturated carbocycles. The first-order chi connectivity index (χ1) is 9.95. The number of benzene rings is 1. The molecule has 1 amide bonds. The van der Waals surface area contributed by atoms with E-state index in [0.717, 1.165) is 34.0 Å². The number of nitrogens with one attached hydrogen (secondary N) is 1. The maximum Gasteiger partial charge on any atom is 0.244 e. The van der Waals surface area contributed by atoms with Crippen molar-refractivity contribution in [1.29, 1.82) is 0 Å². The highest BCUT2D eigenvalue weighted by Crippen LogP contribution is 2.37. The van der Waals surface area contributed by atoms with Gasteiger partial charge in [0, 0.05) is 11.4 Å². The second kappa shape index (κ2) is 4.88. The molecule has 21 heavy (non-hydrogen) atoms. The molecular formula is C17H19N3O. The van der Waals surface area contributed by atoms with E-state index in [2.05, 4.69) is 43.2 Å². The van der Waals surface area contributed by atoms with Crippen LogP contribution in [0.2, 0.25) is 0 Å². The summed E-state index contributed by atoms with van der Waals surface area (Å²) in [6, 6.07) is 8.12. The normalized spacial score (nSPS) is 13.9. The Morgan fingerprint density at radius 3 is 2.43 bits per heavy atom. The second-order valence-electron chi connectivity index (χ2n) is 5.71. The van der Waals surface area contributed by atoms with Crippen molar-refractivity contribution in [2.24, 2.45) is 0 Å². The summed E-state index contributed by atoms with van der Waals surface area (Å²) < 4.78 is 0. The fourth-order valence-electron chi connectivity index (χ4n) is 3.04. The lowest BCUT2D eigenvalue weighted by Gasteiger charge is -2.32. The summed E-state index contributed by atoms with van der Waals surface area (Å²) in [5.74, 6) is 0.817. The van der Waals surface area contributed by atoms with Gasteiger partial charge in [0.25, 0.3) is 0 Å². The lowest BCUT2D eigenvalue weighted by Crippen LogP contribution is -2.36. The number of amides is 1. The number of carbonyl (C=O) groups is 1. The Kier molecular flexibility index (Phi) is 3.16. The van der Waals surface area contributed by atoms with E-state index in [1.54, 1.807) is 0 Å². The maximum atomic E-state index is 12.0. The van der Waals surface area contributed by atoms with Crippen molar-refractivity contribution in [3.8, 4) is 0 Å². The first kappa shape index (κ1) is 13.6. The van der Waals surface area contributed by atoms with Crippen LogP contribution in [0.15, 0.2) is 24.3 Å². The molecule has 0 spiro atoms. The van der Waals surface area contributed by atoms with Gasteiger partial charge in [-0.2, -0.15) is 0 Å². The first-order valence-electron chi connectivity index (χ1n) is 7.08. The fourth-order valence-corrected chi connectivity index (χ4v) is 3.04. The van der Waals surface area contributed by atoms with Crippen molar-refractivity contribution in [2.45, 2.75) is 27.7 Å². The van der Waals surface area contributed by atoms with Crippen molar-refractivity contribution in [3.63, 3.8) is 0 Å². The van der Waals surface area contributed by atoms with Crippen molar-refractivity contribution >= 4 is 23.1 Å². The average Bonchev–Trinajstić information content (AvgIpc) is 2.38. The topological polar surface area (TPSA) is 45.2 Å². The predicted octanol–water partition coefficient (Wildman–Crippen LogP) is 3.41. The molecule has 0 aliphatic carbocycles. The number of carbonyl (C=O) groups excluding carboxylic acids is 1. The molecule has 1 aliphatic rings. The molecule has 1 aromatic carbocycles. The van der Waals surface area contributed by atoms with E-state index in [9.17, 15) is 4.79 Å². The molecule has 0 bridgehead atoms. The van der Waals surface area contributed by atoms with Gasteiger partial charge in [0.05, 0.1) is 5.69 Å². The molecule has 0 unspecified atom stereocenters. The monoisotopic (exact) mass is 281 g/mol. The Morgan fingerprint density at radius 1 is 1.10 bits per heavy atom. The van der Waals surface area contributed by atoms with Crippen molar-refractivity contribution in [3.05, 3.63) is 46.6 Å². The van der Waals surface area contributed by atoms with E-state index in [1.807, 2.05) is 24.0 Å². The summed E-state index contributed by atoms with van der Waals surface area (Å²) in [7, 11) is 0. The van der Waals surface area contributed by atoms with E-state index in [0.29, 0.717) is 6.54 Å². The van der Waals surface area contributed by atoms with Gasteiger partial charge in [-0.05, 0) is 51.0 Å². The van der Waals surface area contributed by atoms with E-state index >= 15 is 0 Å². The summed E-state index contributed by atoms with van der Waals surface area (Å²) in [6.07, 6.45) is 0. The highest BCUT2D eigenvalue weighted by Gasteiger charge is 2.26. The molecule has 108 valence electrons. The molecule has 2 aromatic rings. The third-order valence-corrected chi connectivity index (χ3v) is 3.75. The van der Waals surface area contributed by atoms with Crippen LogP contribution < -0.4 is 10.2 Å². The lowest BCUT2D eigenvalue weighted by molar-refractivity contribution is -0.115. The average molecular weight is 281 g/mol. The van der Waals surface area contributed by atoms with E-state index in [-0.39, 0.29) is 5.91 Å². The predicted molar refractivity (Wildman–Crippen MR) is 85.3 cm³/mol. The zero-order valence-corrected chi connectivity index (χ0v) is 12.8. The van der Waals surface area contributed by atoms with Gasteiger partial charge in [0.15, 0.2) is 5.82 Å². The highest BCUT2D eigenvalue weighted by molar-refractivity contribution is 6.02. The molecule has 1 aliphatic heterocycles. The number of fused-ring (bicyclic) bond motifs is 1. The Bertz CT molecular complexity index is 714. The van der Waals surface area contributed by atoms with Crippen LogP contribution in [-0.4, -0.2) is 17.4 Å². The molecule has 2 heterocycles. The number of hydrogen-bond acceptors (Lipinski definition) is 3. The van der Waals surface area contributed by atoms with E-state index in [1.165, 1.54) is 5.56 Å². The number of aryl methyl sites for hydroxylation is 4. The summed E-state index contributed by atoms with van der Waals surface area (Å²) in [6.45, 7) is 8.51. The number of nitrogens with zero attached hydrogens (tertiary/aromatic N) is 2. The van der Waals surface area contributed by atoms with Gasteiger partial charge in [-0.3, -0.25) is 4.79 Å². The molecular weight excluding hydrogens is 262 g/mol. The molecule has 0 radical (unpaired) electrons. The van der Waals surface area contributed by atoms with Crippen molar-refractivity contribution in [2.75, 3.05) is 16.8 Å². The van der Waals surface area contributed by atoms with Gasteiger partial charge < -0.3 is 10.2 Å². The van der Waals surface area contributed by atoms with Crippen molar-refractivity contribution < 1.29 is 4.79 Å². The lowest BCUT2D eigenvalue weighted by atomic mass is 10.0. The second-order valence-corrected chi connectivity index (χ2v) is 5.71. The Morgan fingerprint density at radius 2 is 1.76 bits per heavy atom. The van der Waals surface area contributed by atoms with Gasteiger partial charge in [-0.25, -0.2) is 4.98 Å². The number of hydrogen-bond donors (Lipinski definition) is 1. The quantitative estimate of drug-likeness (QED) is 0.871. The van der Waals surface area contributed by atoms with E-state index in [4.69, 9.17) is 0 Å². The molecule has 0 fully saturated rings. The first-order valence-corrected chi connectivity index (χ1v) is 7.08. The molecule has 0 atom stereocenters. The fraction of sp³-hybridized carbons (Fsp3) is 0.294. The Labute approximate surface area is 124 Å². The van der Waals surface area contributed by atoms with Gasteiger partial charge in [-0.15, -0.1) is 0 Å². The Hall–Kier alpha value is -2.36. The standard InChI is InChI=1S/C17H19N3O/c1-10-7-11(2)16(12(3)8-10)20-9-15(21)19-14-6-5-13(4)18-17(14)20/h5-8H,9H2,1-4H3,(H,19,21). The van der Waals surface area contributed by atoms with Gasteiger partial charge in [-0.1, -0.05) is 17.7 Å². The van der Waals surface area contributed by atoms with Crippen molar-refractivity contribution in [1.82, 2.24) is 4.98 Å². The van der Waals surface area contributed by atoms with Gasteiger partial charge >= 0.3 is 0 Å². The minimum Gasteiger partial charge on any atom is -0.321 e. The summed E-state index contributed by atoms with van der Waals surface area (Å²) in [5.41, 5.74) is 6.35. The number of aromatic nitrogens is 1. The minimum absolute atomic E-state index is 0.00692. The van der Waals surface area contributed by atoms with Crippen LogP contribution in [0.1, 0.15) is 22.4 Å². The van der Waals surface area contributed by atoms with Crippen LogP contribution in [0, 0.1) is 27.7 Å². The van der Waals surface area contributed by atoms with Crippen LogP contribution in [0.5, 0.6) is 0 Å². The largest absolute Gasteiger partial charge is 0.321 e. The molecule has 4 nitrogen and oxygen atoms in total. The summed E-state index contributed by atoms with van der Waals surface area (Å²) >= 11 is 0. The smallest absolute Gasteiger partial charge is 0.244 e. The zero-order valence-electron chi connectivity index (χ0n) is 12.8. The van der Waals surface area contributed by atoms with Crippen LogP contribution >= 0.6 is 0 Å². The minimum atomic E-state index is -0.00692. The molecule has 4 heteroatoms. The van der Waals surface area contributed by atoms with Crippen LogP contribution in [0.4, 0.5) is 17.2 Å². The highest BCUT2D eigenvalue weighted by atomic mass is 16.2. The summed E-state index contributed by atoms with van der Waals surface area (Å²) in [5, 5.41) is 2.89. The third kappa shape index (κ3) is 2.37.